The second-order valence-electron chi connectivity index (χ2n) is 10.8. The molecule has 4 rings (SSSR count). The lowest BCUT2D eigenvalue weighted by Crippen LogP contribution is -2.60. The number of ether oxygens (including phenoxy) is 1. The van der Waals surface area contributed by atoms with Crippen molar-refractivity contribution in [1.29, 1.82) is 0 Å². The van der Waals surface area contributed by atoms with E-state index < -0.39 is 27.9 Å². The van der Waals surface area contributed by atoms with Crippen molar-refractivity contribution in [1.82, 2.24) is 4.31 Å². The van der Waals surface area contributed by atoms with Crippen LogP contribution < -0.4 is 9.64 Å². The minimum atomic E-state index is -3.95. The lowest BCUT2D eigenvalue weighted by atomic mass is 9.82. The quantitative estimate of drug-likeness (QED) is 0.509. The summed E-state index contributed by atoms with van der Waals surface area (Å²) in [6.45, 7) is 5.64. The average Bonchev–Trinajstić information content (AvgIpc) is 3.31. The van der Waals surface area contributed by atoms with Gasteiger partial charge in [-0.1, -0.05) is 31.1 Å². The van der Waals surface area contributed by atoms with Crippen molar-refractivity contribution >= 4 is 38.9 Å². The van der Waals surface area contributed by atoms with E-state index in [1.165, 1.54) is 23.5 Å². The summed E-state index contributed by atoms with van der Waals surface area (Å²) >= 11 is 1.05. The van der Waals surface area contributed by atoms with Gasteiger partial charge in [0, 0.05) is 12.0 Å². The standard InChI is InChI=1S/C28H34N2O6S2/c1-28(2,3)15-14-21-16-23(26(37-21)27(32)33)30-24(19-8-6-5-7-9-19)17-29(18-25(30)31)38(34,35)22-12-10-20(36-4)11-13-22/h10-13,16,19,24H,5-9,17-18H2,1-4H3,(H,32,33)/t24-/m0/s1. The number of carboxylic acid groups (broad SMARTS) is 1. The van der Waals surface area contributed by atoms with Crippen molar-refractivity contribution in [2.45, 2.75) is 63.8 Å². The number of hydrogen-bond donors (Lipinski definition) is 1. The van der Waals surface area contributed by atoms with Gasteiger partial charge in [-0.25, -0.2) is 13.2 Å². The van der Waals surface area contributed by atoms with Crippen LogP contribution in [-0.2, 0) is 14.8 Å². The summed E-state index contributed by atoms with van der Waals surface area (Å²) in [5, 5.41) is 10.0. The van der Waals surface area contributed by atoms with Crippen LogP contribution in [0, 0.1) is 23.2 Å². The first kappa shape index (κ1) is 28.1. The fourth-order valence-corrected chi connectivity index (χ4v) is 7.31. The van der Waals surface area contributed by atoms with E-state index in [-0.39, 0.29) is 34.2 Å². The van der Waals surface area contributed by atoms with Crippen LogP contribution in [0.15, 0.2) is 35.2 Å². The molecule has 1 atom stereocenters. The van der Waals surface area contributed by atoms with Gasteiger partial charge in [-0.15, -0.1) is 11.3 Å². The van der Waals surface area contributed by atoms with Gasteiger partial charge in [-0.3, -0.25) is 4.79 Å². The molecule has 204 valence electrons. The molecule has 0 spiro atoms. The maximum atomic E-state index is 13.7. The number of carboxylic acids is 1. The number of thiophene rings is 1. The predicted octanol–water partition coefficient (Wildman–Crippen LogP) is 4.84. The van der Waals surface area contributed by atoms with Gasteiger partial charge >= 0.3 is 5.97 Å². The number of carbonyl (C=O) groups is 2. The number of amides is 1. The molecule has 1 aliphatic carbocycles. The third-order valence-electron chi connectivity index (χ3n) is 6.92. The highest BCUT2D eigenvalue weighted by Crippen LogP contribution is 2.39. The van der Waals surface area contributed by atoms with Gasteiger partial charge in [-0.05, 0) is 69.9 Å². The second-order valence-corrected chi connectivity index (χ2v) is 13.8. The van der Waals surface area contributed by atoms with Crippen molar-refractivity contribution in [2.75, 3.05) is 25.1 Å². The molecule has 1 saturated heterocycles. The van der Waals surface area contributed by atoms with Gasteiger partial charge in [0.1, 0.15) is 10.6 Å². The van der Waals surface area contributed by atoms with E-state index in [2.05, 4.69) is 11.8 Å². The number of methoxy groups -OCH3 is 1. The minimum absolute atomic E-state index is 0.0452. The Morgan fingerprint density at radius 1 is 1.13 bits per heavy atom. The van der Waals surface area contributed by atoms with E-state index >= 15 is 0 Å². The molecule has 1 saturated carbocycles. The monoisotopic (exact) mass is 558 g/mol. The summed E-state index contributed by atoms with van der Waals surface area (Å²) in [6, 6.07) is 7.31. The molecule has 2 heterocycles. The van der Waals surface area contributed by atoms with Crippen molar-refractivity contribution in [3.8, 4) is 17.6 Å². The third kappa shape index (κ3) is 6.06. The van der Waals surface area contributed by atoms with Crippen molar-refractivity contribution in [3.63, 3.8) is 0 Å². The van der Waals surface area contributed by atoms with Crippen LogP contribution in [0.4, 0.5) is 5.69 Å². The molecule has 0 unspecified atom stereocenters. The Morgan fingerprint density at radius 3 is 2.37 bits per heavy atom. The van der Waals surface area contributed by atoms with Crippen LogP contribution in [0.2, 0.25) is 0 Å². The molecule has 8 nitrogen and oxygen atoms in total. The maximum Gasteiger partial charge on any atom is 0.348 e. The summed E-state index contributed by atoms with van der Waals surface area (Å²) in [7, 11) is -2.44. The zero-order valence-electron chi connectivity index (χ0n) is 22.2. The Bertz CT molecular complexity index is 1360. The van der Waals surface area contributed by atoms with Crippen LogP contribution in [0.25, 0.3) is 0 Å². The van der Waals surface area contributed by atoms with Gasteiger partial charge < -0.3 is 14.7 Å². The number of sulfonamides is 1. The highest BCUT2D eigenvalue weighted by molar-refractivity contribution is 7.89. The van der Waals surface area contributed by atoms with E-state index in [1.807, 2.05) is 20.8 Å². The van der Waals surface area contributed by atoms with Gasteiger partial charge in [0.25, 0.3) is 0 Å². The van der Waals surface area contributed by atoms with E-state index in [9.17, 15) is 23.1 Å². The van der Waals surface area contributed by atoms with Crippen LogP contribution in [0.1, 0.15) is 67.4 Å². The number of rotatable bonds is 6. The number of piperazine rings is 1. The number of carbonyl (C=O) groups excluding carboxylic acids is 1. The van der Waals surface area contributed by atoms with Crippen molar-refractivity contribution in [3.05, 3.63) is 40.1 Å². The first-order chi connectivity index (χ1) is 17.9. The fourth-order valence-electron chi connectivity index (χ4n) is 5.06. The molecule has 2 aromatic rings. The zero-order valence-corrected chi connectivity index (χ0v) is 23.8. The van der Waals surface area contributed by atoms with E-state index in [0.717, 1.165) is 43.4 Å². The summed E-state index contributed by atoms with van der Waals surface area (Å²) in [6.07, 6.45) is 4.79. The molecule has 10 heteroatoms. The van der Waals surface area contributed by atoms with Gasteiger partial charge in [0.05, 0.1) is 35.2 Å². The normalized spacial score (nSPS) is 19.6. The van der Waals surface area contributed by atoms with Crippen LogP contribution in [0.3, 0.4) is 0 Å². The number of anilines is 1. The Balaban J connectivity index is 1.74. The smallest absolute Gasteiger partial charge is 0.348 e. The predicted molar refractivity (Wildman–Crippen MR) is 147 cm³/mol. The molecule has 1 amide bonds. The Hall–Kier alpha value is -2.87. The van der Waals surface area contributed by atoms with Crippen molar-refractivity contribution in [2.24, 2.45) is 11.3 Å². The van der Waals surface area contributed by atoms with Crippen LogP contribution >= 0.6 is 11.3 Å². The number of benzene rings is 1. The number of hydrogen-bond acceptors (Lipinski definition) is 6. The lowest BCUT2D eigenvalue weighted by molar-refractivity contribution is -0.121. The Labute approximate surface area is 228 Å². The minimum Gasteiger partial charge on any atom is -0.497 e. The molecule has 2 fully saturated rings. The van der Waals surface area contributed by atoms with E-state index in [0.29, 0.717) is 16.3 Å². The molecule has 1 aromatic heterocycles. The largest absolute Gasteiger partial charge is 0.497 e. The topological polar surface area (TPSA) is 104 Å². The SMILES string of the molecule is COc1ccc(S(=O)(=O)N2CC(=O)N(c3cc(C#CC(C)(C)C)sc3C(=O)O)[C@H](C3CCCCC3)C2)cc1. The summed E-state index contributed by atoms with van der Waals surface area (Å²) in [4.78, 5) is 28.2. The number of nitrogens with zero attached hydrogens (tertiary/aromatic N) is 2. The highest BCUT2D eigenvalue weighted by atomic mass is 32.2. The van der Waals surface area contributed by atoms with Crippen LogP contribution in [-0.4, -0.2) is 55.9 Å². The van der Waals surface area contributed by atoms with Crippen molar-refractivity contribution < 1.29 is 27.9 Å². The summed E-state index contributed by atoms with van der Waals surface area (Å²) in [5.41, 5.74) is 0.0397. The first-order valence-electron chi connectivity index (χ1n) is 12.8. The maximum absolute atomic E-state index is 13.7. The molecular formula is C28H34N2O6S2. The third-order valence-corrected chi connectivity index (χ3v) is 9.77. The van der Waals surface area contributed by atoms with E-state index in [1.54, 1.807) is 23.1 Å². The molecule has 1 aromatic carbocycles. The molecule has 1 N–H and O–H groups in total. The molecule has 1 aliphatic heterocycles. The molecule has 0 bridgehead atoms. The van der Waals surface area contributed by atoms with E-state index in [4.69, 9.17) is 4.74 Å². The summed E-state index contributed by atoms with van der Waals surface area (Å²) in [5.74, 6) is 5.23. The van der Waals surface area contributed by atoms with Gasteiger partial charge in [0.15, 0.2) is 0 Å². The summed E-state index contributed by atoms with van der Waals surface area (Å²) < 4.78 is 33.5. The second kappa shape index (κ2) is 11.1. The fraction of sp³-hybridized carbons (Fsp3) is 0.500. The van der Waals surface area contributed by atoms with Gasteiger partial charge in [-0.2, -0.15) is 4.31 Å². The molecule has 2 aliphatic rings. The first-order valence-corrected chi connectivity index (χ1v) is 15.0. The zero-order chi connectivity index (χ0) is 27.7. The number of aromatic carboxylic acids is 1. The average molecular weight is 559 g/mol. The Kier molecular flexibility index (Phi) is 8.21. The van der Waals surface area contributed by atoms with Crippen LogP contribution in [0.5, 0.6) is 5.75 Å². The molecule has 38 heavy (non-hydrogen) atoms. The lowest BCUT2D eigenvalue weighted by Gasteiger charge is -2.44. The Morgan fingerprint density at radius 2 is 1.79 bits per heavy atom. The molecular weight excluding hydrogens is 524 g/mol. The highest BCUT2D eigenvalue weighted by Gasteiger charge is 2.44. The molecule has 0 radical (unpaired) electrons. The van der Waals surface area contributed by atoms with Gasteiger partial charge in [0.2, 0.25) is 15.9 Å².